The third-order valence-corrected chi connectivity index (χ3v) is 7.28. The van der Waals surface area contributed by atoms with Crippen LogP contribution in [0.15, 0.2) is 51.8 Å². The van der Waals surface area contributed by atoms with Crippen molar-refractivity contribution in [2.24, 2.45) is 0 Å². The van der Waals surface area contributed by atoms with Gasteiger partial charge < -0.3 is 14.8 Å². The number of nitrogens with one attached hydrogen (secondary N) is 1. The molecule has 0 saturated carbocycles. The first-order chi connectivity index (χ1) is 14.3. The number of benzene rings is 2. The summed E-state index contributed by atoms with van der Waals surface area (Å²) in [5.74, 6) is 0.220. The molecule has 1 N–H and O–H groups in total. The summed E-state index contributed by atoms with van der Waals surface area (Å²) < 4.78 is 38.7. The predicted octanol–water partition coefficient (Wildman–Crippen LogP) is 3.03. The van der Waals surface area contributed by atoms with Gasteiger partial charge >= 0.3 is 0 Å². The lowest BCUT2D eigenvalue weighted by atomic mass is 10.1. The predicted molar refractivity (Wildman–Crippen MR) is 117 cm³/mol. The van der Waals surface area contributed by atoms with E-state index < -0.39 is 10.0 Å². The molecule has 1 aliphatic heterocycles. The van der Waals surface area contributed by atoms with Gasteiger partial charge in [0, 0.05) is 17.6 Å². The number of amides is 1. The molecule has 2 aromatic rings. The van der Waals surface area contributed by atoms with Gasteiger partial charge in [0.15, 0.2) is 6.61 Å². The van der Waals surface area contributed by atoms with E-state index in [0.717, 1.165) is 10.0 Å². The van der Waals surface area contributed by atoms with Gasteiger partial charge in [0.05, 0.1) is 24.2 Å². The van der Waals surface area contributed by atoms with E-state index in [1.807, 2.05) is 31.2 Å². The molecule has 1 heterocycles. The van der Waals surface area contributed by atoms with Crippen molar-refractivity contribution < 1.29 is 22.7 Å². The van der Waals surface area contributed by atoms with E-state index in [9.17, 15) is 13.2 Å². The molecule has 1 fully saturated rings. The monoisotopic (exact) mass is 496 g/mol. The number of ether oxygens (including phenoxy) is 2. The molecule has 0 aromatic heterocycles. The third-order valence-electron chi connectivity index (χ3n) is 4.86. The zero-order valence-electron chi connectivity index (χ0n) is 16.9. The Morgan fingerprint density at radius 2 is 1.87 bits per heavy atom. The van der Waals surface area contributed by atoms with Crippen LogP contribution in [0.25, 0.3) is 0 Å². The Labute approximate surface area is 185 Å². The van der Waals surface area contributed by atoms with Crippen LogP contribution in [0.5, 0.6) is 5.75 Å². The summed E-state index contributed by atoms with van der Waals surface area (Å²) >= 11 is 3.39. The lowest BCUT2D eigenvalue weighted by molar-refractivity contribution is -0.123. The lowest BCUT2D eigenvalue weighted by Gasteiger charge is -2.26. The van der Waals surface area contributed by atoms with Gasteiger partial charge in [0.1, 0.15) is 5.75 Å². The van der Waals surface area contributed by atoms with Gasteiger partial charge in [-0.3, -0.25) is 4.79 Å². The van der Waals surface area contributed by atoms with Crippen LogP contribution in [0.4, 0.5) is 0 Å². The molecular weight excluding hydrogens is 472 g/mol. The van der Waals surface area contributed by atoms with E-state index in [-0.39, 0.29) is 23.5 Å². The highest BCUT2D eigenvalue weighted by atomic mass is 79.9. The fourth-order valence-corrected chi connectivity index (χ4v) is 4.90. The molecule has 3 rings (SSSR count). The summed E-state index contributed by atoms with van der Waals surface area (Å²) in [4.78, 5) is 12.5. The average Bonchev–Trinajstić information content (AvgIpc) is 2.73. The first kappa shape index (κ1) is 22.7. The maximum atomic E-state index is 12.8. The van der Waals surface area contributed by atoms with Gasteiger partial charge in [-0.25, -0.2) is 8.42 Å². The molecule has 0 aliphatic carbocycles. The van der Waals surface area contributed by atoms with Crippen LogP contribution < -0.4 is 10.1 Å². The van der Waals surface area contributed by atoms with Gasteiger partial charge in [-0.1, -0.05) is 28.1 Å². The van der Waals surface area contributed by atoms with Crippen LogP contribution >= 0.6 is 15.9 Å². The molecule has 1 amide bonds. The minimum atomic E-state index is -3.57. The van der Waals surface area contributed by atoms with Gasteiger partial charge in [0.25, 0.3) is 5.91 Å². The van der Waals surface area contributed by atoms with Crippen molar-refractivity contribution in [2.75, 3.05) is 32.9 Å². The largest absolute Gasteiger partial charge is 0.484 e. The molecule has 0 radical (unpaired) electrons. The number of halogens is 1. The van der Waals surface area contributed by atoms with E-state index in [2.05, 4.69) is 21.2 Å². The van der Waals surface area contributed by atoms with Gasteiger partial charge in [-0.15, -0.1) is 0 Å². The molecule has 1 aliphatic rings. The maximum Gasteiger partial charge on any atom is 0.258 e. The minimum absolute atomic E-state index is 0.155. The summed E-state index contributed by atoms with van der Waals surface area (Å²) in [6.07, 6.45) is 0. The summed E-state index contributed by atoms with van der Waals surface area (Å²) in [7, 11) is -3.57. The standard InChI is InChI=1S/C21H25BrN2O5S/c1-15-13-19(30(26,27)24-9-11-28-12-10-24)7-8-20(15)29-14-21(25)23-16(2)17-3-5-18(22)6-4-17/h3-8,13,16H,9-12,14H2,1-2H3,(H,23,25)/t16-/m0/s1. The number of sulfonamides is 1. The number of morpholine rings is 1. The maximum absolute atomic E-state index is 12.8. The molecule has 9 heteroatoms. The van der Waals surface area contributed by atoms with E-state index in [4.69, 9.17) is 9.47 Å². The second-order valence-corrected chi connectivity index (χ2v) is 9.93. The summed E-state index contributed by atoms with van der Waals surface area (Å²) in [5.41, 5.74) is 1.64. The molecular formula is C21H25BrN2O5S. The Morgan fingerprint density at radius 3 is 2.50 bits per heavy atom. The Bertz CT molecular complexity index is 989. The van der Waals surface area contributed by atoms with Crippen molar-refractivity contribution in [1.29, 1.82) is 0 Å². The summed E-state index contributed by atoms with van der Waals surface area (Å²) in [5, 5.41) is 2.89. The first-order valence-electron chi connectivity index (χ1n) is 9.63. The summed E-state index contributed by atoms with van der Waals surface area (Å²) in [6, 6.07) is 12.2. The fraction of sp³-hybridized carbons (Fsp3) is 0.381. The Kier molecular flexibility index (Phi) is 7.51. The van der Waals surface area contributed by atoms with Crippen molar-refractivity contribution in [3.05, 3.63) is 58.1 Å². The normalized spacial score (nSPS) is 16.1. The number of nitrogens with zero attached hydrogens (tertiary/aromatic N) is 1. The Hall–Kier alpha value is -1.94. The number of carbonyl (C=O) groups is 1. The van der Waals surface area contributed by atoms with Crippen LogP contribution in [0.1, 0.15) is 24.1 Å². The molecule has 0 bridgehead atoms. The van der Waals surface area contributed by atoms with Crippen molar-refractivity contribution >= 4 is 31.9 Å². The molecule has 1 saturated heterocycles. The molecule has 7 nitrogen and oxygen atoms in total. The van der Waals surface area contributed by atoms with E-state index in [1.54, 1.807) is 19.1 Å². The summed E-state index contributed by atoms with van der Waals surface area (Å²) in [6.45, 7) is 4.98. The number of carbonyl (C=O) groups excluding carboxylic acids is 1. The smallest absolute Gasteiger partial charge is 0.258 e. The van der Waals surface area contributed by atoms with Crippen molar-refractivity contribution in [1.82, 2.24) is 9.62 Å². The van der Waals surface area contributed by atoms with Gasteiger partial charge in [0.2, 0.25) is 10.0 Å². The SMILES string of the molecule is Cc1cc(S(=O)(=O)N2CCOCC2)ccc1OCC(=O)N[C@@H](C)c1ccc(Br)cc1. The van der Waals surface area contributed by atoms with Crippen LogP contribution in [-0.4, -0.2) is 51.5 Å². The van der Waals surface area contributed by atoms with Gasteiger partial charge in [-0.05, 0) is 55.3 Å². The topological polar surface area (TPSA) is 84.9 Å². The molecule has 0 spiro atoms. The zero-order chi connectivity index (χ0) is 21.7. The first-order valence-corrected chi connectivity index (χ1v) is 11.9. The molecule has 1 atom stereocenters. The van der Waals surface area contributed by atoms with Crippen molar-refractivity contribution in [3.8, 4) is 5.75 Å². The van der Waals surface area contributed by atoms with E-state index in [1.165, 1.54) is 10.4 Å². The number of hydrogen-bond donors (Lipinski definition) is 1. The van der Waals surface area contributed by atoms with E-state index >= 15 is 0 Å². The highest BCUT2D eigenvalue weighted by Crippen LogP contribution is 2.24. The minimum Gasteiger partial charge on any atom is -0.484 e. The Balaban J connectivity index is 1.59. The molecule has 2 aromatic carbocycles. The highest BCUT2D eigenvalue weighted by molar-refractivity contribution is 9.10. The zero-order valence-corrected chi connectivity index (χ0v) is 19.3. The van der Waals surface area contributed by atoms with Crippen molar-refractivity contribution in [2.45, 2.75) is 24.8 Å². The number of rotatable bonds is 7. The second kappa shape index (κ2) is 9.91. The van der Waals surface area contributed by atoms with Crippen LogP contribution in [-0.2, 0) is 19.6 Å². The lowest BCUT2D eigenvalue weighted by Crippen LogP contribution is -2.40. The van der Waals surface area contributed by atoms with Crippen LogP contribution in [0.2, 0.25) is 0 Å². The second-order valence-electron chi connectivity index (χ2n) is 7.07. The Morgan fingerprint density at radius 1 is 1.20 bits per heavy atom. The number of aryl methyl sites for hydroxylation is 1. The van der Waals surface area contributed by atoms with Gasteiger partial charge in [-0.2, -0.15) is 4.31 Å². The molecule has 162 valence electrons. The quantitative estimate of drug-likeness (QED) is 0.636. The fourth-order valence-electron chi connectivity index (χ4n) is 3.14. The molecule has 0 unspecified atom stereocenters. The van der Waals surface area contributed by atoms with Crippen molar-refractivity contribution in [3.63, 3.8) is 0 Å². The number of hydrogen-bond acceptors (Lipinski definition) is 5. The van der Waals surface area contributed by atoms with E-state index in [0.29, 0.717) is 37.6 Å². The van der Waals surface area contributed by atoms with Crippen LogP contribution in [0, 0.1) is 6.92 Å². The molecule has 30 heavy (non-hydrogen) atoms. The highest BCUT2D eigenvalue weighted by Gasteiger charge is 2.26. The third kappa shape index (κ3) is 5.60. The van der Waals surface area contributed by atoms with Crippen LogP contribution in [0.3, 0.4) is 0 Å². The average molecular weight is 497 g/mol.